The first-order valence-corrected chi connectivity index (χ1v) is 6.77. The van der Waals surface area contributed by atoms with E-state index >= 15 is 0 Å². The lowest BCUT2D eigenvalue weighted by molar-refractivity contribution is 0.0931. The van der Waals surface area contributed by atoms with Crippen LogP contribution in [0.25, 0.3) is 10.9 Å². The molecule has 1 unspecified atom stereocenters. The molecule has 1 aromatic heterocycles. The summed E-state index contributed by atoms with van der Waals surface area (Å²) in [5.74, 6) is 0. The molecular formula is C10H12N2O4S. The first-order valence-electron chi connectivity index (χ1n) is 4.92. The zero-order valence-corrected chi connectivity index (χ0v) is 9.92. The highest BCUT2D eigenvalue weighted by Crippen LogP contribution is 2.24. The lowest BCUT2D eigenvalue weighted by Gasteiger charge is -2.02. The van der Waals surface area contributed by atoms with Gasteiger partial charge in [0.05, 0.1) is 18.4 Å². The summed E-state index contributed by atoms with van der Waals surface area (Å²) in [4.78, 5) is 0. The minimum Gasteiger partial charge on any atom is -0.393 e. The molecule has 92 valence electrons. The quantitative estimate of drug-likeness (QED) is 0.798. The van der Waals surface area contributed by atoms with Gasteiger partial charge in [0.15, 0.2) is 0 Å². The van der Waals surface area contributed by atoms with Crippen molar-refractivity contribution in [3.63, 3.8) is 0 Å². The number of fused-ring (bicyclic) bond motifs is 1. The average molecular weight is 256 g/mol. The van der Waals surface area contributed by atoms with Crippen molar-refractivity contribution >= 4 is 20.9 Å². The summed E-state index contributed by atoms with van der Waals surface area (Å²) in [6.07, 6.45) is -0.162. The van der Waals surface area contributed by atoms with Crippen LogP contribution in [0, 0.1) is 0 Å². The highest BCUT2D eigenvalue weighted by Gasteiger charge is 2.20. The van der Waals surface area contributed by atoms with Gasteiger partial charge in [-0.1, -0.05) is 18.2 Å². The number of hydrogen-bond acceptors (Lipinski definition) is 5. The molecule has 0 saturated carbocycles. The lowest BCUT2D eigenvalue weighted by atomic mass is 10.1. The van der Waals surface area contributed by atoms with E-state index in [1.165, 1.54) is 0 Å². The Hall–Kier alpha value is -1.44. The van der Waals surface area contributed by atoms with Gasteiger partial charge >= 0.3 is 0 Å². The topological polar surface area (TPSA) is 92.4 Å². The molecular weight excluding hydrogens is 244 g/mol. The number of hydrogen-bond donors (Lipinski definition) is 2. The van der Waals surface area contributed by atoms with E-state index in [1.807, 2.05) is 0 Å². The van der Waals surface area contributed by atoms with E-state index in [0.717, 1.165) is 10.3 Å². The molecule has 0 fully saturated rings. The van der Waals surface area contributed by atoms with Gasteiger partial charge in [-0.15, -0.1) is 0 Å². The molecule has 2 N–H and O–H groups in total. The highest BCUT2D eigenvalue weighted by molar-refractivity contribution is 7.89. The Labute approximate surface area is 98.2 Å². The third kappa shape index (κ3) is 2.04. The number of para-hydroxylation sites is 1. The zero-order valence-electron chi connectivity index (χ0n) is 9.11. The van der Waals surface area contributed by atoms with Crippen molar-refractivity contribution in [2.45, 2.75) is 6.10 Å². The van der Waals surface area contributed by atoms with Crippen LogP contribution in [0.15, 0.2) is 24.3 Å². The molecule has 17 heavy (non-hydrogen) atoms. The van der Waals surface area contributed by atoms with E-state index in [0.29, 0.717) is 10.9 Å². The third-order valence-electron chi connectivity index (χ3n) is 2.39. The molecule has 0 aliphatic carbocycles. The van der Waals surface area contributed by atoms with Crippen LogP contribution in [0.4, 0.5) is 0 Å². The predicted molar refractivity (Wildman–Crippen MR) is 62.0 cm³/mol. The summed E-state index contributed by atoms with van der Waals surface area (Å²) in [6.45, 7) is -0.509. The SMILES string of the molecule is CS(=O)(=O)n1nc(C(O)CO)c2ccccc21. The fraction of sp³-hybridized carbons (Fsp3) is 0.300. The number of rotatable bonds is 3. The number of benzene rings is 1. The molecule has 0 spiro atoms. The molecule has 1 heterocycles. The van der Waals surface area contributed by atoms with Crippen molar-refractivity contribution in [3.8, 4) is 0 Å². The Balaban J connectivity index is 2.80. The molecule has 0 bridgehead atoms. The van der Waals surface area contributed by atoms with E-state index in [2.05, 4.69) is 5.10 Å². The van der Waals surface area contributed by atoms with Crippen molar-refractivity contribution in [1.82, 2.24) is 9.19 Å². The van der Waals surface area contributed by atoms with Crippen molar-refractivity contribution in [2.75, 3.05) is 12.9 Å². The van der Waals surface area contributed by atoms with Gasteiger partial charge < -0.3 is 10.2 Å². The number of aliphatic hydroxyl groups is 2. The maximum absolute atomic E-state index is 11.5. The fourth-order valence-corrected chi connectivity index (χ4v) is 2.40. The second-order valence-corrected chi connectivity index (χ2v) is 5.52. The van der Waals surface area contributed by atoms with Crippen molar-refractivity contribution in [3.05, 3.63) is 30.0 Å². The first-order chi connectivity index (χ1) is 7.95. The van der Waals surface area contributed by atoms with Gasteiger partial charge in [0.2, 0.25) is 0 Å². The van der Waals surface area contributed by atoms with Crippen LogP contribution >= 0.6 is 0 Å². The molecule has 6 nitrogen and oxygen atoms in total. The summed E-state index contributed by atoms with van der Waals surface area (Å²) >= 11 is 0. The van der Waals surface area contributed by atoms with E-state index < -0.39 is 22.7 Å². The van der Waals surface area contributed by atoms with Gasteiger partial charge in [0, 0.05) is 5.39 Å². The van der Waals surface area contributed by atoms with Gasteiger partial charge in [0.25, 0.3) is 10.0 Å². The molecule has 1 atom stereocenters. The molecule has 0 saturated heterocycles. The summed E-state index contributed by atoms with van der Waals surface area (Å²) in [6, 6.07) is 6.64. The van der Waals surface area contributed by atoms with Gasteiger partial charge in [-0.05, 0) is 6.07 Å². The molecule has 2 aromatic rings. The van der Waals surface area contributed by atoms with Crippen molar-refractivity contribution < 1.29 is 18.6 Å². The van der Waals surface area contributed by atoms with Crippen LogP contribution < -0.4 is 0 Å². The third-order valence-corrected chi connectivity index (χ3v) is 3.29. The number of nitrogens with zero attached hydrogens (tertiary/aromatic N) is 2. The van der Waals surface area contributed by atoms with E-state index in [1.54, 1.807) is 24.3 Å². The van der Waals surface area contributed by atoms with E-state index in [4.69, 9.17) is 5.11 Å². The van der Waals surface area contributed by atoms with E-state index in [-0.39, 0.29) is 5.69 Å². The molecule has 0 radical (unpaired) electrons. The molecule has 0 amide bonds. The average Bonchev–Trinajstić information content (AvgIpc) is 2.67. The van der Waals surface area contributed by atoms with Crippen LogP contribution in [-0.4, -0.2) is 40.7 Å². The summed E-state index contributed by atoms with van der Waals surface area (Å²) in [5, 5.41) is 22.9. The van der Waals surface area contributed by atoms with Gasteiger partial charge in [-0.2, -0.15) is 9.19 Å². The Bertz CT molecular complexity index is 647. The van der Waals surface area contributed by atoms with Gasteiger partial charge in [0.1, 0.15) is 11.8 Å². The second-order valence-electron chi connectivity index (χ2n) is 3.71. The van der Waals surface area contributed by atoms with Crippen LogP contribution in [0.3, 0.4) is 0 Å². The maximum Gasteiger partial charge on any atom is 0.251 e. The Kier molecular flexibility index (Phi) is 2.90. The first kappa shape index (κ1) is 12.0. The number of aliphatic hydroxyl groups excluding tert-OH is 2. The summed E-state index contributed by atoms with van der Waals surface area (Å²) < 4.78 is 23.9. The van der Waals surface area contributed by atoms with Crippen LogP contribution in [0.2, 0.25) is 0 Å². The minimum atomic E-state index is -3.54. The molecule has 0 aliphatic rings. The highest BCUT2D eigenvalue weighted by atomic mass is 32.2. The van der Waals surface area contributed by atoms with Gasteiger partial charge in [-0.25, -0.2) is 8.42 Å². The normalized spacial score (nSPS) is 14.1. The zero-order chi connectivity index (χ0) is 12.6. The largest absolute Gasteiger partial charge is 0.393 e. The van der Waals surface area contributed by atoms with E-state index in [9.17, 15) is 13.5 Å². The van der Waals surface area contributed by atoms with Crippen molar-refractivity contribution in [2.24, 2.45) is 0 Å². The molecule has 0 aliphatic heterocycles. The summed E-state index contributed by atoms with van der Waals surface area (Å²) in [7, 11) is -3.54. The summed E-state index contributed by atoms with van der Waals surface area (Å²) in [5.41, 5.74) is 0.547. The Morgan fingerprint density at radius 2 is 2.06 bits per heavy atom. The monoisotopic (exact) mass is 256 g/mol. The van der Waals surface area contributed by atoms with Crippen LogP contribution in [0.1, 0.15) is 11.8 Å². The maximum atomic E-state index is 11.5. The molecule has 7 heteroatoms. The van der Waals surface area contributed by atoms with Crippen LogP contribution in [-0.2, 0) is 10.0 Å². The minimum absolute atomic E-state index is 0.161. The Morgan fingerprint density at radius 3 is 2.65 bits per heavy atom. The lowest BCUT2D eigenvalue weighted by Crippen LogP contribution is -2.13. The van der Waals surface area contributed by atoms with Gasteiger partial charge in [-0.3, -0.25) is 0 Å². The molecule has 1 aromatic carbocycles. The van der Waals surface area contributed by atoms with Crippen molar-refractivity contribution in [1.29, 1.82) is 0 Å². The predicted octanol–water partition coefficient (Wildman–Crippen LogP) is -0.130. The second kappa shape index (κ2) is 4.10. The smallest absolute Gasteiger partial charge is 0.251 e. The fourth-order valence-electron chi connectivity index (χ4n) is 1.65. The standard InChI is InChI=1S/C10H12N2O4S/c1-17(15,16)12-8-5-3-2-4-7(8)10(11-12)9(14)6-13/h2-5,9,13-14H,6H2,1H3. The van der Waals surface area contributed by atoms with Crippen LogP contribution in [0.5, 0.6) is 0 Å². The Morgan fingerprint density at radius 1 is 1.41 bits per heavy atom. The molecule has 2 rings (SSSR count). The number of aromatic nitrogens is 2.